The van der Waals surface area contributed by atoms with Gasteiger partial charge in [-0.25, -0.2) is 9.50 Å². The van der Waals surface area contributed by atoms with Gasteiger partial charge in [0.15, 0.2) is 5.65 Å². The highest BCUT2D eigenvalue weighted by Gasteiger charge is 2.19. The van der Waals surface area contributed by atoms with E-state index < -0.39 is 0 Å². The summed E-state index contributed by atoms with van der Waals surface area (Å²) in [5, 5.41) is 4.61. The lowest BCUT2D eigenvalue weighted by Gasteiger charge is -2.10. The van der Waals surface area contributed by atoms with Crippen LogP contribution >= 0.6 is 0 Å². The van der Waals surface area contributed by atoms with Crippen LogP contribution in [-0.2, 0) is 11.2 Å². The molecule has 0 fully saturated rings. The molecule has 3 aromatic rings. The maximum Gasteiger partial charge on any atom is 0.226 e. The Morgan fingerprint density at radius 2 is 1.95 bits per heavy atom. The molecule has 5 nitrogen and oxygen atoms in total. The predicted octanol–water partition coefficient (Wildman–Crippen LogP) is 2.34. The summed E-state index contributed by atoms with van der Waals surface area (Å²) >= 11 is 0. The van der Waals surface area contributed by atoms with Crippen LogP contribution in [0, 0.1) is 6.92 Å². The molecule has 3 rings (SSSR count). The van der Waals surface area contributed by atoms with Gasteiger partial charge in [-0.3, -0.25) is 4.79 Å². The van der Waals surface area contributed by atoms with E-state index in [2.05, 4.69) is 10.1 Å². The van der Waals surface area contributed by atoms with Gasteiger partial charge in [0, 0.05) is 37.6 Å². The maximum atomic E-state index is 12.2. The Morgan fingerprint density at radius 1 is 1.23 bits per heavy atom. The average molecular weight is 294 g/mol. The summed E-state index contributed by atoms with van der Waals surface area (Å²) in [5.41, 5.74) is 4.60. The maximum absolute atomic E-state index is 12.2. The Balaban J connectivity index is 2.16. The quantitative estimate of drug-likeness (QED) is 0.745. The summed E-state index contributed by atoms with van der Waals surface area (Å²) in [6.07, 6.45) is 3.86. The number of benzene rings is 1. The lowest BCUT2D eigenvalue weighted by atomic mass is 10.0. The third-order valence-electron chi connectivity index (χ3n) is 3.64. The van der Waals surface area contributed by atoms with E-state index in [1.807, 2.05) is 43.5 Å². The summed E-state index contributed by atoms with van der Waals surface area (Å²) in [7, 11) is 3.51. The number of nitrogens with zero attached hydrogens (tertiary/aromatic N) is 4. The van der Waals surface area contributed by atoms with E-state index in [1.54, 1.807) is 29.7 Å². The zero-order valence-corrected chi connectivity index (χ0v) is 12.9. The molecule has 1 amide bonds. The molecule has 2 aromatic heterocycles. The highest BCUT2D eigenvalue weighted by Crippen LogP contribution is 2.26. The minimum Gasteiger partial charge on any atom is -0.349 e. The molecule has 0 saturated heterocycles. The van der Waals surface area contributed by atoms with Gasteiger partial charge in [0.05, 0.1) is 12.1 Å². The fourth-order valence-corrected chi connectivity index (χ4v) is 2.35. The Morgan fingerprint density at radius 3 is 2.64 bits per heavy atom. The normalized spacial score (nSPS) is 10.9. The van der Waals surface area contributed by atoms with Gasteiger partial charge in [0.2, 0.25) is 5.91 Å². The molecule has 112 valence electrons. The average Bonchev–Trinajstić information content (AvgIpc) is 2.87. The van der Waals surface area contributed by atoms with Gasteiger partial charge >= 0.3 is 0 Å². The van der Waals surface area contributed by atoms with Crippen LogP contribution in [0.3, 0.4) is 0 Å². The summed E-state index contributed by atoms with van der Waals surface area (Å²) in [4.78, 5) is 18.1. The summed E-state index contributed by atoms with van der Waals surface area (Å²) in [6, 6.07) is 9.98. The number of carbonyl (C=O) groups is 1. The first-order chi connectivity index (χ1) is 10.6. The third-order valence-corrected chi connectivity index (χ3v) is 3.64. The third kappa shape index (κ3) is 2.57. The zero-order valence-electron chi connectivity index (χ0n) is 12.9. The first-order valence-corrected chi connectivity index (χ1v) is 7.15. The first kappa shape index (κ1) is 14.3. The number of amides is 1. The molecular weight excluding hydrogens is 276 g/mol. The predicted molar refractivity (Wildman–Crippen MR) is 85.6 cm³/mol. The Labute approximate surface area is 129 Å². The van der Waals surface area contributed by atoms with Crippen molar-refractivity contribution in [2.24, 2.45) is 0 Å². The highest BCUT2D eigenvalue weighted by molar-refractivity contribution is 5.84. The van der Waals surface area contributed by atoms with Crippen molar-refractivity contribution in [3.05, 3.63) is 53.9 Å². The molecule has 0 aliphatic rings. The topological polar surface area (TPSA) is 50.5 Å². The van der Waals surface area contributed by atoms with Crippen LogP contribution < -0.4 is 0 Å². The van der Waals surface area contributed by atoms with E-state index in [9.17, 15) is 4.79 Å². The molecule has 0 atom stereocenters. The van der Waals surface area contributed by atoms with E-state index in [4.69, 9.17) is 0 Å². The first-order valence-electron chi connectivity index (χ1n) is 7.15. The summed E-state index contributed by atoms with van der Waals surface area (Å²) in [6.45, 7) is 2.05. The smallest absolute Gasteiger partial charge is 0.226 e. The molecule has 0 bridgehead atoms. The van der Waals surface area contributed by atoms with Crippen molar-refractivity contribution in [2.75, 3.05) is 14.1 Å². The van der Waals surface area contributed by atoms with Gasteiger partial charge in [0.1, 0.15) is 0 Å². The molecule has 0 aliphatic heterocycles. The van der Waals surface area contributed by atoms with Gasteiger partial charge in [-0.05, 0) is 13.0 Å². The Bertz CT molecular complexity index is 818. The SMILES string of the molecule is Cc1ccc(-c2nn3cccnc3c2CC(=O)N(C)C)cc1. The number of rotatable bonds is 3. The van der Waals surface area contributed by atoms with Crippen LogP contribution in [0.15, 0.2) is 42.7 Å². The van der Waals surface area contributed by atoms with Crippen molar-refractivity contribution in [1.82, 2.24) is 19.5 Å². The minimum absolute atomic E-state index is 0.0360. The molecule has 0 radical (unpaired) electrons. The van der Waals surface area contributed by atoms with E-state index in [0.717, 1.165) is 22.5 Å². The van der Waals surface area contributed by atoms with Crippen LogP contribution in [0.4, 0.5) is 0 Å². The van der Waals surface area contributed by atoms with Crippen LogP contribution in [0.2, 0.25) is 0 Å². The Hall–Kier alpha value is -2.69. The van der Waals surface area contributed by atoms with Gasteiger partial charge in [-0.2, -0.15) is 5.10 Å². The van der Waals surface area contributed by atoms with Crippen molar-refractivity contribution < 1.29 is 4.79 Å². The number of carbonyl (C=O) groups excluding carboxylic acids is 1. The molecule has 2 heterocycles. The second-order valence-corrected chi connectivity index (χ2v) is 5.55. The van der Waals surface area contributed by atoms with Crippen molar-refractivity contribution in [1.29, 1.82) is 0 Å². The molecule has 22 heavy (non-hydrogen) atoms. The van der Waals surface area contributed by atoms with E-state index >= 15 is 0 Å². The Kier molecular flexibility index (Phi) is 3.63. The number of hydrogen-bond donors (Lipinski definition) is 0. The summed E-state index contributed by atoms with van der Waals surface area (Å²) < 4.78 is 1.73. The van der Waals surface area contributed by atoms with Gasteiger partial charge < -0.3 is 4.90 Å². The molecule has 1 aromatic carbocycles. The molecule has 0 N–H and O–H groups in total. The second-order valence-electron chi connectivity index (χ2n) is 5.55. The standard InChI is InChI=1S/C17H18N4O/c1-12-5-7-13(8-6-12)16-14(11-15(22)20(2)3)17-18-9-4-10-21(17)19-16/h4-10H,11H2,1-3H3. The van der Waals surface area contributed by atoms with E-state index in [0.29, 0.717) is 0 Å². The van der Waals surface area contributed by atoms with Crippen molar-refractivity contribution in [3.63, 3.8) is 0 Å². The molecule has 0 aliphatic carbocycles. The molecule has 0 saturated carbocycles. The monoisotopic (exact) mass is 294 g/mol. The van der Waals surface area contributed by atoms with Gasteiger partial charge in [-0.15, -0.1) is 0 Å². The highest BCUT2D eigenvalue weighted by atomic mass is 16.2. The lowest BCUT2D eigenvalue weighted by molar-refractivity contribution is -0.127. The number of aromatic nitrogens is 3. The zero-order chi connectivity index (χ0) is 15.7. The molecular formula is C17H18N4O. The van der Waals surface area contributed by atoms with E-state index in [1.165, 1.54) is 5.56 Å². The second kappa shape index (κ2) is 5.60. The number of hydrogen-bond acceptors (Lipinski definition) is 3. The fraction of sp³-hybridized carbons (Fsp3) is 0.235. The fourth-order valence-electron chi connectivity index (χ4n) is 2.35. The molecule has 0 spiro atoms. The van der Waals surface area contributed by atoms with Gasteiger partial charge in [0.25, 0.3) is 0 Å². The van der Waals surface area contributed by atoms with Gasteiger partial charge in [-0.1, -0.05) is 29.8 Å². The molecule has 0 unspecified atom stereocenters. The minimum atomic E-state index is 0.0360. The van der Waals surface area contributed by atoms with Crippen molar-refractivity contribution in [3.8, 4) is 11.3 Å². The number of likely N-dealkylation sites (N-methyl/N-ethyl adjacent to an activating group) is 1. The lowest BCUT2D eigenvalue weighted by Crippen LogP contribution is -2.23. The van der Waals surface area contributed by atoms with Crippen LogP contribution in [-0.4, -0.2) is 39.5 Å². The van der Waals surface area contributed by atoms with Crippen molar-refractivity contribution >= 4 is 11.6 Å². The van der Waals surface area contributed by atoms with Crippen LogP contribution in [0.25, 0.3) is 16.9 Å². The summed E-state index contributed by atoms with van der Waals surface area (Å²) in [5.74, 6) is 0.0360. The van der Waals surface area contributed by atoms with E-state index in [-0.39, 0.29) is 12.3 Å². The molecule has 5 heteroatoms. The van der Waals surface area contributed by atoms with Crippen molar-refractivity contribution in [2.45, 2.75) is 13.3 Å². The van der Waals surface area contributed by atoms with Crippen LogP contribution in [0.1, 0.15) is 11.1 Å². The number of fused-ring (bicyclic) bond motifs is 1. The van der Waals surface area contributed by atoms with Crippen LogP contribution in [0.5, 0.6) is 0 Å². The largest absolute Gasteiger partial charge is 0.349 e. The number of aryl methyl sites for hydroxylation is 1.